The third-order valence-corrected chi connectivity index (χ3v) is 4.14. The van der Waals surface area contributed by atoms with Gasteiger partial charge in [0.15, 0.2) is 0 Å². The fraction of sp³-hybridized carbons (Fsp3) is 0.875. The molecular weight excluding hydrogens is 266 g/mol. The van der Waals surface area contributed by atoms with Crippen LogP contribution < -0.4 is 16.0 Å². The highest BCUT2D eigenvalue weighted by Crippen LogP contribution is 2.23. The zero-order chi connectivity index (χ0) is 14.8. The number of piperidine rings is 1. The van der Waals surface area contributed by atoms with Gasteiger partial charge in [0.2, 0.25) is 11.8 Å². The van der Waals surface area contributed by atoms with Gasteiger partial charge in [-0.3, -0.25) is 9.59 Å². The number of nitrogens with one attached hydrogen (secondary N) is 3. The van der Waals surface area contributed by atoms with Crippen LogP contribution in [-0.4, -0.2) is 39.0 Å². The van der Waals surface area contributed by atoms with E-state index in [1.165, 1.54) is 19.3 Å². The fourth-order valence-electron chi connectivity index (χ4n) is 2.85. The number of amides is 2. The summed E-state index contributed by atoms with van der Waals surface area (Å²) in [6.45, 7) is 1.91. The average Bonchev–Trinajstić information content (AvgIpc) is 2.55. The lowest BCUT2D eigenvalue weighted by atomic mass is 9.89. The lowest BCUT2D eigenvalue weighted by molar-refractivity contribution is -0.126. The quantitative estimate of drug-likeness (QED) is 0.726. The molecule has 5 nitrogen and oxygen atoms in total. The second-order valence-corrected chi connectivity index (χ2v) is 5.61. The summed E-state index contributed by atoms with van der Waals surface area (Å²) in [5.41, 5.74) is 0. The van der Waals surface area contributed by atoms with Crippen molar-refractivity contribution in [1.82, 2.24) is 16.0 Å². The van der Waals surface area contributed by atoms with E-state index >= 15 is 0 Å². The van der Waals surface area contributed by atoms with E-state index in [1.807, 2.05) is 0 Å². The molecule has 0 aromatic heterocycles. The third kappa shape index (κ3) is 7.46. The van der Waals surface area contributed by atoms with Gasteiger partial charge in [-0.25, -0.2) is 0 Å². The molecule has 3 N–H and O–H groups in total. The van der Waals surface area contributed by atoms with Gasteiger partial charge in [0.05, 0.1) is 5.92 Å². The molecule has 2 rings (SSSR count). The van der Waals surface area contributed by atoms with Crippen molar-refractivity contribution in [2.24, 2.45) is 11.8 Å². The summed E-state index contributed by atoms with van der Waals surface area (Å²) >= 11 is 0. The van der Waals surface area contributed by atoms with Crippen LogP contribution in [0.25, 0.3) is 0 Å². The molecule has 0 aromatic rings. The minimum absolute atomic E-state index is 0. The van der Waals surface area contributed by atoms with E-state index in [2.05, 4.69) is 16.0 Å². The molecular formula is C16H33N3O2. The van der Waals surface area contributed by atoms with Crippen LogP contribution in [0.5, 0.6) is 0 Å². The molecule has 1 unspecified atom stereocenters. The molecule has 2 amide bonds. The van der Waals surface area contributed by atoms with E-state index in [0.717, 1.165) is 38.8 Å². The van der Waals surface area contributed by atoms with Gasteiger partial charge in [-0.2, -0.15) is 0 Å². The minimum Gasteiger partial charge on any atom is -0.359 e. The number of hydrogen-bond acceptors (Lipinski definition) is 3. The molecule has 124 valence electrons. The van der Waals surface area contributed by atoms with Crippen LogP contribution in [0.2, 0.25) is 0 Å². The van der Waals surface area contributed by atoms with E-state index < -0.39 is 0 Å². The predicted molar refractivity (Wildman–Crippen MR) is 87.0 cm³/mol. The topological polar surface area (TPSA) is 70.2 Å². The highest BCUT2D eigenvalue weighted by molar-refractivity contribution is 5.78. The highest BCUT2D eigenvalue weighted by atomic mass is 16.2. The van der Waals surface area contributed by atoms with E-state index in [4.69, 9.17) is 0 Å². The predicted octanol–water partition coefficient (Wildman–Crippen LogP) is 1.68. The molecule has 1 aliphatic carbocycles. The Kier molecular flexibility index (Phi) is 10.9. The normalized spacial score (nSPS) is 22.1. The Hall–Kier alpha value is -1.10. The molecule has 5 heteroatoms. The van der Waals surface area contributed by atoms with Crippen LogP contribution >= 0.6 is 0 Å². The maximum absolute atomic E-state index is 11.1. The van der Waals surface area contributed by atoms with Crippen LogP contribution in [0, 0.1) is 11.8 Å². The summed E-state index contributed by atoms with van der Waals surface area (Å²) in [5, 5.41) is 8.54. The van der Waals surface area contributed by atoms with Gasteiger partial charge in [0.1, 0.15) is 0 Å². The summed E-state index contributed by atoms with van der Waals surface area (Å²) in [4.78, 5) is 22.1. The zero-order valence-corrected chi connectivity index (χ0v) is 12.8. The lowest BCUT2D eigenvalue weighted by Crippen LogP contribution is -2.39. The van der Waals surface area contributed by atoms with Crippen LogP contribution in [0.3, 0.4) is 0 Å². The van der Waals surface area contributed by atoms with Crippen LogP contribution in [0.1, 0.15) is 52.4 Å². The molecule has 0 spiro atoms. The Labute approximate surface area is 129 Å². The number of rotatable bonds is 2. The van der Waals surface area contributed by atoms with Gasteiger partial charge < -0.3 is 16.0 Å². The SMILES string of the molecule is C.CNC(=O)C1CCCCC1.CNC(=O)C1CCCNC1. The second-order valence-electron chi connectivity index (χ2n) is 5.61. The Bertz CT molecular complexity index is 266. The molecule has 21 heavy (non-hydrogen) atoms. The van der Waals surface area contributed by atoms with Crippen LogP contribution in [0.15, 0.2) is 0 Å². The average molecular weight is 299 g/mol. The number of carbonyl (C=O) groups excluding carboxylic acids is 2. The van der Waals surface area contributed by atoms with Crippen molar-refractivity contribution in [3.63, 3.8) is 0 Å². The van der Waals surface area contributed by atoms with Crippen LogP contribution in [-0.2, 0) is 9.59 Å². The number of carbonyl (C=O) groups is 2. The molecule has 1 aliphatic heterocycles. The van der Waals surface area contributed by atoms with Gasteiger partial charge in [-0.15, -0.1) is 0 Å². The summed E-state index contributed by atoms with van der Waals surface area (Å²) in [6, 6.07) is 0. The van der Waals surface area contributed by atoms with Gasteiger partial charge in [-0.05, 0) is 32.2 Å². The molecule has 0 aromatic carbocycles. The van der Waals surface area contributed by atoms with Crippen molar-refractivity contribution in [1.29, 1.82) is 0 Å². The van der Waals surface area contributed by atoms with Gasteiger partial charge >= 0.3 is 0 Å². The minimum atomic E-state index is 0. The first kappa shape index (κ1) is 19.9. The van der Waals surface area contributed by atoms with E-state index in [0.29, 0.717) is 5.92 Å². The molecule has 1 saturated carbocycles. The Morgan fingerprint density at radius 3 is 1.86 bits per heavy atom. The Balaban J connectivity index is 0.000000364. The molecule has 0 bridgehead atoms. The fourth-order valence-corrected chi connectivity index (χ4v) is 2.85. The highest BCUT2D eigenvalue weighted by Gasteiger charge is 2.19. The Morgan fingerprint density at radius 2 is 1.38 bits per heavy atom. The molecule has 1 heterocycles. The zero-order valence-electron chi connectivity index (χ0n) is 12.8. The van der Waals surface area contributed by atoms with Crippen molar-refractivity contribution in [2.45, 2.75) is 52.4 Å². The largest absolute Gasteiger partial charge is 0.359 e. The second kappa shape index (κ2) is 11.5. The maximum Gasteiger partial charge on any atom is 0.224 e. The van der Waals surface area contributed by atoms with Crippen molar-refractivity contribution in [3.8, 4) is 0 Å². The van der Waals surface area contributed by atoms with E-state index in [-0.39, 0.29) is 25.2 Å². The monoisotopic (exact) mass is 299 g/mol. The van der Waals surface area contributed by atoms with Crippen molar-refractivity contribution in [2.75, 3.05) is 27.2 Å². The van der Waals surface area contributed by atoms with E-state index in [9.17, 15) is 9.59 Å². The van der Waals surface area contributed by atoms with Crippen molar-refractivity contribution in [3.05, 3.63) is 0 Å². The van der Waals surface area contributed by atoms with Crippen molar-refractivity contribution >= 4 is 11.8 Å². The van der Waals surface area contributed by atoms with Gasteiger partial charge in [-0.1, -0.05) is 26.7 Å². The van der Waals surface area contributed by atoms with Crippen LogP contribution in [0.4, 0.5) is 0 Å². The molecule has 0 radical (unpaired) electrons. The third-order valence-electron chi connectivity index (χ3n) is 4.14. The molecule has 2 aliphatic rings. The molecule has 2 fully saturated rings. The summed E-state index contributed by atoms with van der Waals surface area (Å²) in [7, 11) is 3.41. The first-order chi connectivity index (χ1) is 9.69. The number of hydrogen-bond donors (Lipinski definition) is 3. The molecule has 1 atom stereocenters. The first-order valence-electron chi connectivity index (χ1n) is 7.83. The smallest absolute Gasteiger partial charge is 0.224 e. The Morgan fingerprint density at radius 1 is 0.857 bits per heavy atom. The van der Waals surface area contributed by atoms with Gasteiger partial charge in [0.25, 0.3) is 0 Å². The lowest BCUT2D eigenvalue weighted by Gasteiger charge is -2.20. The van der Waals surface area contributed by atoms with Crippen molar-refractivity contribution < 1.29 is 9.59 Å². The standard InChI is InChI=1S/C8H15NO.C7H14N2O.CH4/c1-9-8(10)7-5-3-2-4-6-7;1-8-7(10)6-3-2-4-9-5-6;/h7H,2-6H2,1H3,(H,9,10);6,9H,2-5H2,1H3,(H,8,10);1H4. The maximum atomic E-state index is 11.1. The molecule has 1 saturated heterocycles. The summed E-state index contributed by atoms with van der Waals surface area (Å²) < 4.78 is 0. The summed E-state index contributed by atoms with van der Waals surface area (Å²) in [6.07, 6.45) is 8.13. The summed E-state index contributed by atoms with van der Waals surface area (Å²) in [5.74, 6) is 0.935. The van der Waals surface area contributed by atoms with Gasteiger partial charge in [0, 0.05) is 26.6 Å². The van der Waals surface area contributed by atoms with E-state index in [1.54, 1.807) is 14.1 Å². The first-order valence-corrected chi connectivity index (χ1v) is 7.83.